The summed E-state index contributed by atoms with van der Waals surface area (Å²) in [5.41, 5.74) is -0.672. The van der Waals surface area contributed by atoms with Gasteiger partial charge in [-0.2, -0.15) is 0 Å². The van der Waals surface area contributed by atoms with Crippen molar-refractivity contribution in [2.75, 3.05) is 6.54 Å². The van der Waals surface area contributed by atoms with Crippen LogP contribution in [0.1, 0.15) is 64.2 Å². The molecule has 0 aromatic rings. The van der Waals surface area contributed by atoms with E-state index in [4.69, 9.17) is 0 Å². The van der Waals surface area contributed by atoms with Crippen LogP contribution >= 0.6 is 0 Å². The van der Waals surface area contributed by atoms with Crippen LogP contribution < -0.4 is 10.6 Å². The lowest BCUT2D eigenvalue weighted by Crippen LogP contribution is -2.56. The van der Waals surface area contributed by atoms with Gasteiger partial charge in [-0.05, 0) is 68.6 Å². The van der Waals surface area contributed by atoms with Gasteiger partial charge in [0.2, 0.25) is 5.91 Å². The maximum Gasteiger partial charge on any atom is 0.325 e. The number of nitrogens with one attached hydrogen (secondary N) is 2. The Morgan fingerprint density at radius 3 is 2.27 bits per heavy atom. The van der Waals surface area contributed by atoms with Gasteiger partial charge in [-0.1, -0.05) is 12.8 Å². The zero-order valence-electron chi connectivity index (χ0n) is 15.3. The summed E-state index contributed by atoms with van der Waals surface area (Å²) < 4.78 is 0. The molecule has 2 N–H and O–H groups in total. The quantitative estimate of drug-likeness (QED) is 0.755. The van der Waals surface area contributed by atoms with Gasteiger partial charge >= 0.3 is 6.03 Å². The molecule has 0 atom stereocenters. The van der Waals surface area contributed by atoms with Gasteiger partial charge in [0, 0.05) is 19.0 Å². The van der Waals surface area contributed by atoms with Crippen molar-refractivity contribution in [2.24, 2.45) is 23.7 Å². The summed E-state index contributed by atoms with van der Waals surface area (Å²) in [4.78, 5) is 38.7. The second-order valence-electron chi connectivity index (χ2n) is 9.45. The van der Waals surface area contributed by atoms with E-state index in [0.29, 0.717) is 17.9 Å². The molecular weight excluding hydrogens is 330 g/mol. The van der Waals surface area contributed by atoms with Crippen molar-refractivity contribution in [1.82, 2.24) is 15.5 Å². The molecule has 6 heteroatoms. The van der Waals surface area contributed by atoms with Crippen LogP contribution in [0.2, 0.25) is 0 Å². The molecule has 1 saturated heterocycles. The van der Waals surface area contributed by atoms with Crippen molar-refractivity contribution in [2.45, 2.75) is 75.8 Å². The predicted octanol–water partition coefficient (Wildman–Crippen LogP) is 2.18. The lowest BCUT2D eigenvalue weighted by Gasteiger charge is -2.54. The second kappa shape index (κ2) is 5.96. The summed E-state index contributed by atoms with van der Waals surface area (Å²) in [6.45, 7) is 0.200. The number of nitrogens with zero attached hydrogens (tertiary/aromatic N) is 1. The van der Waals surface area contributed by atoms with Gasteiger partial charge < -0.3 is 10.6 Å². The van der Waals surface area contributed by atoms with E-state index in [9.17, 15) is 14.4 Å². The van der Waals surface area contributed by atoms with Crippen molar-refractivity contribution >= 4 is 17.8 Å². The third kappa shape index (κ3) is 2.55. The SMILES string of the molecule is O=C(CCN1C(=O)NC2(CCCC2)C1=O)NC1C2CC3CC(C2)CC1C3. The fourth-order valence-electron chi connectivity index (χ4n) is 6.83. The van der Waals surface area contributed by atoms with Crippen molar-refractivity contribution < 1.29 is 14.4 Å². The van der Waals surface area contributed by atoms with E-state index < -0.39 is 5.54 Å². The smallest absolute Gasteiger partial charge is 0.325 e. The highest BCUT2D eigenvalue weighted by molar-refractivity contribution is 6.07. The molecule has 5 aliphatic carbocycles. The zero-order chi connectivity index (χ0) is 17.9. The van der Waals surface area contributed by atoms with Crippen molar-refractivity contribution in [1.29, 1.82) is 0 Å². The Balaban J connectivity index is 1.17. The molecule has 1 heterocycles. The van der Waals surface area contributed by atoms with Crippen LogP contribution in [0.25, 0.3) is 0 Å². The van der Waals surface area contributed by atoms with Gasteiger partial charge in [-0.3, -0.25) is 14.5 Å². The lowest BCUT2D eigenvalue weighted by molar-refractivity contribution is -0.131. The number of rotatable bonds is 4. The van der Waals surface area contributed by atoms with Crippen molar-refractivity contribution in [3.05, 3.63) is 0 Å². The molecule has 5 saturated carbocycles. The maximum atomic E-state index is 12.7. The third-order valence-electron chi connectivity index (χ3n) is 7.82. The molecule has 0 unspecified atom stereocenters. The average molecular weight is 359 g/mol. The van der Waals surface area contributed by atoms with Crippen LogP contribution in [-0.4, -0.2) is 40.9 Å². The molecule has 6 rings (SSSR count). The monoisotopic (exact) mass is 359 g/mol. The Morgan fingerprint density at radius 1 is 1.04 bits per heavy atom. The molecular formula is C20H29N3O3. The number of hydrogen-bond donors (Lipinski definition) is 2. The molecule has 0 radical (unpaired) electrons. The van der Waals surface area contributed by atoms with Crippen LogP contribution in [-0.2, 0) is 9.59 Å². The minimum Gasteiger partial charge on any atom is -0.353 e. The number of carbonyl (C=O) groups is 3. The number of urea groups is 1. The standard InChI is InChI=1S/C20H29N3O3/c24-16(21-17-14-8-12-7-13(10-14)11-15(17)9-12)3-6-23-18(25)20(22-19(23)26)4-1-2-5-20/h12-15,17H,1-11H2,(H,21,24)(H,22,26). The maximum absolute atomic E-state index is 12.7. The molecule has 6 aliphatic rings. The Labute approximate surface area is 154 Å². The van der Waals surface area contributed by atoms with Crippen LogP contribution in [0, 0.1) is 23.7 Å². The van der Waals surface area contributed by atoms with E-state index in [-0.39, 0.29) is 30.8 Å². The van der Waals surface area contributed by atoms with E-state index in [1.54, 1.807) is 0 Å². The van der Waals surface area contributed by atoms with E-state index in [1.165, 1.54) is 37.0 Å². The lowest BCUT2D eigenvalue weighted by atomic mass is 9.54. The Morgan fingerprint density at radius 2 is 1.65 bits per heavy atom. The normalized spacial score (nSPS) is 39.7. The Hall–Kier alpha value is -1.59. The first-order valence-electron chi connectivity index (χ1n) is 10.5. The van der Waals surface area contributed by atoms with Crippen molar-refractivity contribution in [3.8, 4) is 0 Å². The molecule has 1 aliphatic heterocycles. The van der Waals surface area contributed by atoms with Crippen molar-refractivity contribution in [3.63, 3.8) is 0 Å². The first-order valence-corrected chi connectivity index (χ1v) is 10.5. The summed E-state index contributed by atoms with van der Waals surface area (Å²) in [5.74, 6) is 2.94. The zero-order valence-corrected chi connectivity index (χ0v) is 15.3. The first-order chi connectivity index (χ1) is 12.5. The minimum absolute atomic E-state index is 0.00422. The number of amides is 4. The molecule has 4 amide bonds. The minimum atomic E-state index is -0.672. The summed E-state index contributed by atoms with van der Waals surface area (Å²) in [7, 11) is 0. The summed E-state index contributed by atoms with van der Waals surface area (Å²) in [6, 6.07) is -0.00101. The average Bonchev–Trinajstić information content (AvgIpc) is 3.15. The molecule has 1 spiro atoms. The van der Waals surface area contributed by atoms with E-state index in [2.05, 4.69) is 10.6 Å². The molecule has 4 bridgehead atoms. The highest BCUT2D eigenvalue weighted by atomic mass is 16.2. The van der Waals surface area contributed by atoms with Gasteiger partial charge in [0.15, 0.2) is 0 Å². The second-order valence-corrected chi connectivity index (χ2v) is 9.45. The van der Waals surface area contributed by atoms with Crippen LogP contribution in [0.3, 0.4) is 0 Å². The molecule has 6 nitrogen and oxygen atoms in total. The van der Waals surface area contributed by atoms with Gasteiger partial charge in [0.1, 0.15) is 5.54 Å². The third-order valence-corrected chi connectivity index (χ3v) is 7.82. The topological polar surface area (TPSA) is 78.5 Å². The molecule has 142 valence electrons. The highest BCUT2D eigenvalue weighted by Crippen LogP contribution is 2.53. The fraction of sp³-hybridized carbons (Fsp3) is 0.850. The molecule has 6 fully saturated rings. The number of hydrogen-bond acceptors (Lipinski definition) is 3. The Bertz CT molecular complexity index is 612. The van der Waals surface area contributed by atoms with E-state index >= 15 is 0 Å². The molecule has 26 heavy (non-hydrogen) atoms. The number of carbonyl (C=O) groups excluding carboxylic acids is 3. The van der Waals surface area contributed by atoms with Gasteiger partial charge in [-0.25, -0.2) is 4.79 Å². The predicted molar refractivity (Wildman–Crippen MR) is 95.0 cm³/mol. The van der Waals surface area contributed by atoms with Crippen LogP contribution in [0.15, 0.2) is 0 Å². The number of imide groups is 1. The van der Waals surface area contributed by atoms with Crippen LogP contribution in [0.4, 0.5) is 4.79 Å². The first kappa shape index (κ1) is 16.6. The highest BCUT2D eigenvalue weighted by Gasteiger charge is 2.52. The van der Waals surface area contributed by atoms with E-state index in [1.807, 2.05) is 0 Å². The molecule has 0 aromatic carbocycles. The van der Waals surface area contributed by atoms with Gasteiger partial charge in [0.25, 0.3) is 5.91 Å². The summed E-state index contributed by atoms with van der Waals surface area (Å²) in [6.07, 6.45) is 10.1. The Kier molecular flexibility index (Phi) is 3.80. The summed E-state index contributed by atoms with van der Waals surface area (Å²) in [5, 5.41) is 6.15. The van der Waals surface area contributed by atoms with Gasteiger partial charge in [0.05, 0.1) is 0 Å². The van der Waals surface area contributed by atoms with Gasteiger partial charge in [-0.15, -0.1) is 0 Å². The fourth-order valence-corrected chi connectivity index (χ4v) is 6.83. The largest absolute Gasteiger partial charge is 0.353 e. The molecule has 0 aromatic heterocycles. The van der Waals surface area contributed by atoms with E-state index in [0.717, 1.165) is 37.5 Å². The summed E-state index contributed by atoms with van der Waals surface area (Å²) >= 11 is 0. The van der Waals surface area contributed by atoms with Crippen LogP contribution in [0.5, 0.6) is 0 Å².